The number of hydrogen-bond donors (Lipinski definition) is 0. The molecule has 3 aromatic carbocycles. The van der Waals surface area contributed by atoms with Gasteiger partial charge in [0.25, 0.3) is 0 Å². The molecule has 4 heteroatoms. The fourth-order valence-electron chi connectivity index (χ4n) is 3.42. The summed E-state index contributed by atoms with van der Waals surface area (Å²) in [5, 5.41) is 2.30. The number of halogens is 1. The smallest absolute Gasteiger partial charge is 0.352 e. The van der Waals surface area contributed by atoms with Crippen LogP contribution in [0, 0.1) is 5.95 Å². The highest BCUT2D eigenvalue weighted by molar-refractivity contribution is 6.80. The van der Waals surface area contributed by atoms with Crippen LogP contribution in [-0.2, 0) is 5.41 Å². The van der Waals surface area contributed by atoms with E-state index in [1.54, 1.807) is 6.07 Å². The second-order valence-electron chi connectivity index (χ2n) is 8.47. The lowest BCUT2D eigenvalue weighted by molar-refractivity contribution is 0.566. The van der Waals surface area contributed by atoms with Crippen LogP contribution in [0.2, 0.25) is 0 Å². The molecule has 31 heavy (non-hydrogen) atoms. The quantitative estimate of drug-likeness (QED) is 0.316. The van der Waals surface area contributed by atoms with Crippen molar-refractivity contribution in [1.82, 2.24) is 4.98 Å². The van der Waals surface area contributed by atoms with Gasteiger partial charge in [-0.15, -0.1) is 0 Å². The summed E-state index contributed by atoms with van der Waals surface area (Å²) >= 11 is 0. The maximum Gasteiger partial charge on any atom is 0.352 e. The summed E-state index contributed by atoms with van der Waals surface area (Å²) in [6.45, 7) is 6.52. The van der Waals surface area contributed by atoms with Gasteiger partial charge in [0.15, 0.2) is 0 Å². The van der Waals surface area contributed by atoms with Gasteiger partial charge in [-0.1, -0.05) is 93.6 Å². The molecule has 0 aliphatic heterocycles. The molecule has 0 unspecified atom stereocenters. The molecule has 0 bridgehead atoms. The van der Waals surface area contributed by atoms with E-state index in [9.17, 15) is 4.39 Å². The van der Waals surface area contributed by atoms with E-state index in [-0.39, 0.29) is 5.41 Å². The Bertz CT molecular complexity index is 1120. The fraction of sp³-hybridized carbons (Fsp3) is 0.148. The zero-order valence-electron chi connectivity index (χ0n) is 18.0. The first-order valence-electron chi connectivity index (χ1n) is 10.3. The van der Waals surface area contributed by atoms with Crippen LogP contribution in [-0.4, -0.2) is 14.0 Å². The van der Waals surface area contributed by atoms with E-state index in [0.717, 1.165) is 27.2 Å². The number of pyridine rings is 1. The maximum absolute atomic E-state index is 13.9. The van der Waals surface area contributed by atoms with E-state index in [1.807, 2.05) is 48.5 Å². The topological polar surface area (TPSA) is 22.1 Å². The Kier molecular flexibility index (Phi) is 6.00. The van der Waals surface area contributed by atoms with E-state index >= 15 is 0 Å². The molecule has 0 saturated heterocycles. The molecular formula is C27H25FNOSi. The zero-order valence-corrected chi connectivity index (χ0v) is 19.0. The van der Waals surface area contributed by atoms with E-state index < -0.39 is 15.0 Å². The Morgan fingerprint density at radius 2 is 1.35 bits per heavy atom. The van der Waals surface area contributed by atoms with Crippen molar-refractivity contribution in [2.75, 3.05) is 0 Å². The van der Waals surface area contributed by atoms with Crippen molar-refractivity contribution < 1.29 is 8.82 Å². The second-order valence-corrected chi connectivity index (χ2v) is 10.5. The lowest BCUT2D eigenvalue weighted by atomic mass is 9.86. The Hall–Kier alpha value is -3.24. The van der Waals surface area contributed by atoms with Crippen LogP contribution in [0.25, 0.3) is 11.3 Å². The van der Waals surface area contributed by atoms with Gasteiger partial charge in [-0.05, 0) is 45.6 Å². The molecule has 2 nitrogen and oxygen atoms in total. The highest BCUT2D eigenvalue weighted by atomic mass is 28.3. The van der Waals surface area contributed by atoms with Crippen molar-refractivity contribution in [2.24, 2.45) is 0 Å². The van der Waals surface area contributed by atoms with E-state index in [4.69, 9.17) is 4.43 Å². The van der Waals surface area contributed by atoms with Crippen LogP contribution in [0.4, 0.5) is 4.39 Å². The van der Waals surface area contributed by atoms with E-state index in [0.29, 0.717) is 5.69 Å². The summed E-state index contributed by atoms with van der Waals surface area (Å²) in [5.74, 6) is 0.229. The standard InChI is InChI=1S/C27H25FNOSi/c1-27(2,3)20-17-18-23(24-15-10-16-26(28)29-24)25(19-20)30-31(21-11-6-4-7-12-21)22-13-8-5-9-14-22/h4-19H,1-3H3. The second kappa shape index (κ2) is 8.86. The first-order valence-corrected chi connectivity index (χ1v) is 11.8. The highest BCUT2D eigenvalue weighted by Gasteiger charge is 2.25. The summed E-state index contributed by atoms with van der Waals surface area (Å²) in [5.41, 5.74) is 2.48. The molecule has 0 fully saturated rings. The fourth-order valence-corrected chi connectivity index (χ4v) is 5.36. The van der Waals surface area contributed by atoms with Gasteiger partial charge < -0.3 is 4.43 Å². The molecule has 0 aliphatic rings. The molecule has 0 N–H and O–H groups in total. The minimum Gasteiger partial charge on any atom is -0.532 e. The summed E-state index contributed by atoms with van der Waals surface area (Å²) in [4.78, 5) is 4.11. The summed E-state index contributed by atoms with van der Waals surface area (Å²) in [7, 11) is -1.57. The zero-order chi connectivity index (χ0) is 21.8. The predicted octanol–water partition coefficient (Wildman–Crippen LogP) is 5.37. The average Bonchev–Trinajstić information content (AvgIpc) is 2.78. The number of rotatable bonds is 5. The Balaban J connectivity index is 1.85. The SMILES string of the molecule is CC(C)(C)c1ccc(-c2cccc(F)n2)c(O[Si](c2ccccc2)c2ccccc2)c1. The molecule has 0 atom stereocenters. The number of aromatic nitrogens is 1. The van der Waals surface area contributed by atoms with Gasteiger partial charge in [0.2, 0.25) is 5.95 Å². The molecule has 155 valence electrons. The average molecular weight is 427 g/mol. The van der Waals surface area contributed by atoms with Gasteiger partial charge in [-0.2, -0.15) is 4.39 Å². The maximum atomic E-state index is 13.9. The van der Waals surface area contributed by atoms with Gasteiger partial charge >= 0.3 is 9.04 Å². The van der Waals surface area contributed by atoms with Gasteiger partial charge in [0.05, 0.1) is 5.69 Å². The van der Waals surface area contributed by atoms with E-state index in [2.05, 4.69) is 62.2 Å². The molecule has 1 heterocycles. The van der Waals surface area contributed by atoms with Gasteiger partial charge in [0.1, 0.15) is 5.75 Å². The molecular weight excluding hydrogens is 401 g/mol. The minimum atomic E-state index is -1.57. The molecule has 0 amide bonds. The monoisotopic (exact) mass is 426 g/mol. The highest BCUT2D eigenvalue weighted by Crippen LogP contribution is 2.34. The molecule has 1 aromatic heterocycles. The van der Waals surface area contributed by atoms with Crippen molar-refractivity contribution >= 4 is 19.4 Å². The van der Waals surface area contributed by atoms with Crippen LogP contribution in [0.5, 0.6) is 5.75 Å². The molecule has 4 rings (SSSR count). The lowest BCUT2D eigenvalue weighted by Gasteiger charge is -2.24. The van der Waals surface area contributed by atoms with Crippen molar-refractivity contribution in [1.29, 1.82) is 0 Å². The van der Waals surface area contributed by atoms with Crippen molar-refractivity contribution in [3.8, 4) is 17.0 Å². The van der Waals surface area contributed by atoms with Crippen molar-refractivity contribution in [3.05, 3.63) is 109 Å². The largest absolute Gasteiger partial charge is 0.532 e. The van der Waals surface area contributed by atoms with Gasteiger partial charge in [-0.25, -0.2) is 4.98 Å². The van der Waals surface area contributed by atoms with Crippen LogP contribution in [0.3, 0.4) is 0 Å². The molecule has 0 aliphatic carbocycles. The van der Waals surface area contributed by atoms with Crippen LogP contribution >= 0.6 is 0 Å². The van der Waals surface area contributed by atoms with Gasteiger partial charge in [-0.3, -0.25) is 0 Å². The molecule has 0 spiro atoms. The Morgan fingerprint density at radius 1 is 0.742 bits per heavy atom. The normalized spacial score (nSPS) is 11.5. The van der Waals surface area contributed by atoms with Crippen molar-refractivity contribution in [3.63, 3.8) is 0 Å². The first kappa shape index (κ1) is 21.0. The third kappa shape index (κ3) is 4.92. The summed E-state index contributed by atoms with van der Waals surface area (Å²) in [6.07, 6.45) is 0. The lowest BCUT2D eigenvalue weighted by Crippen LogP contribution is -2.47. The summed E-state index contributed by atoms with van der Waals surface area (Å²) in [6, 6.07) is 31.6. The first-order chi connectivity index (χ1) is 14.9. The van der Waals surface area contributed by atoms with Crippen LogP contribution in [0.15, 0.2) is 97.1 Å². The third-order valence-electron chi connectivity index (χ3n) is 5.12. The van der Waals surface area contributed by atoms with E-state index in [1.165, 1.54) is 6.07 Å². The predicted molar refractivity (Wildman–Crippen MR) is 127 cm³/mol. The Labute approximate surface area is 185 Å². The van der Waals surface area contributed by atoms with Gasteiger partial charge in [0, 0.05) is 5.56 Å². The third-order valence-corrected chi connectivity index (χ3v) is 7.26. The minimum absolute atomic E-state index is 0.0432. The number of benzene rings is 3. The number of hydrogen-bond acceptors (Lipinski definition) is 2. The number of nitrogens with zero attached hydrogens (tertiary/aromatic N) is 1. The molecule has 1 radical (unpaired) electrons. The molecule has 4 aromatic rings. The summed E-state index contributed by atoms with van der Waals surface area (Å²) < 4.78 is 20.7. The van der Waals surface area contributed by atoms with Crippen molar-refractivity contribution in [2.45, 2.75) is 26.2 Å². The van der Waals surface area contributed by atoms with Crippen LogP contribution in [0.1, 0.15) is 26.3 Å². The molecule has 0 saturated carbocycles. The van der Waals surface area contributed by atoms with Crippen LogP contribution < -0.4 is 14.8 Å². The Morgan fingerprint density at radius 3 is 1.90 bits per heavy atom.